The lowest BCUT2D eigenvalue weighted by Gasteiger charge is -2.22. The van der Waals surface area contributed by atoms with E-state index >= 15 is 0 Å². The van der Waals surface area contributed by atoms with E-state index in [9.17, 15) is 18.0 Å². The zero-order valence-electron chi connectivity index (χ0n) is 11.2. The molecule has 0 fully saturated rings. The lowest BCUT2D eigenvalue weighted by atomic mass is 10.4. The van der Waals surface area contributed by atoms with Crippen LogP contribution in [0.4, 0.5) is 24.8 Å². The summed E-state index contributed by atoms with van der Waals surface area (Å²) >= 11 is 0. The van der Waals surface area contributed by atoms with Crippen LogP contribution in [0.15, 0.2) is 6.07 Å². The van der Waals surface area contributed by atoms with Crippen LogP contribution in [0.2, 0.25) is 0 Å². The van der Waals surface area contributed by atoms with E-state index in [0.717, 1.165) is 0 Å². The van der Waals surface area contributed by atoms with Crippen molar-refractivity contribution in [2.24, 2.45) is 0 Å². The number of rotatable bonds is 5. The fourth-order valence-corrected chi connectivity index (χ4v) is 1.52. The van der Waals surface area contributed by atoms with Crippen molar-refractivity contribution >= 4 is 17.5 Å². The highest BCUT2D eigenvalue weighted by Gasteiger charge is 2.35. The van der Waals surface area contributed by atoms with E-state index < -0.39 is 12.0 Å². The molecule has 0 saturated carbocycles. The quantitative estimate of drug-likeness (QED) is 0.847. The van der Waals surface area contributed by atoms with Crippen LogP contribution >= 0.6 is 0 Å². The summed E-state index contributed by atoms with van der Waals surface area (Å²) in [5, 5.41) is 2.56. The van der Waals surface area contributed by atoms with Gasteiger partial charge in [0.15, 0.2) is 0 Å². The molecule has 6 nitrogen and oxygen atoms in total. The zero-order chi connectivity index (χ0) is 15.3. The number of nitrogen functional groups attached to an aromatic ring is 1. The number of anilines is 2. The van der Waals surface area contributed by atoms with E-state index in [0.29, 0.717) is 13.1 Å². The SMILES string of the molecule is CCNC(=O)CN(CC)c1cc(N)nc(C(F)(F)F)n1. The molecule has 1 amide bonds. The van der Waals surface area contributed by atoms with Crippen molar-refractivity contribution < 1.29 is 18.0 Å². The minimum atomic E-state index is -4.69. The van der Waals surface area contributed by atoms with Gasteiger partial charge in [0.25, 0.3) is 0 Å². The normalized spacial score (nSPS) is 11.2. The maximum Gasteiger partial charge on any atom is 0.451 e. The van der Waals surface area contributed by atoms with Gasteiger partial charge >= 0.3 is 6.18 Å². The molecule has 0 spiro atoms. The summed E-state index contributed by atoms with van der Waals surface area (Å²) < 4.78 is 37.9. The molecule has 1 heterocycles. The van der Waals surface area contributed by atoms with Crippen LogP contribution in [-0.2, 0) is 11.0 Å². The number of nitrogens with one attached hydrogen (secondary N) is 1. The first-order valence-corrected chi connectivity index (χ1v) is 6.01. The number of carbonyl (C=O) groups excluding carboxylic acids is 1. The molecule has 1 rings (SSSR count). The number of nitrogens with zero attached hydrogens (tertiary/aromatic N) is 3. The molecule has 9 heteroatoms. The molecule has 0 aromatic carbocycles. The first kappa shape index (κ1) is 16.0. The largest absolute Gasteiger partial charge is 0.451 e. The van der Waals surface area contributed by atoms with E-state index in [1.807, 2.05) is 0 Å². The van der Waals surface area contributed by atoms with Gasteiger partial charge in [0.1, 0.15) is 11.6 Å². The molecule has 0 radical (unpaired) electrons. The van der Waals surface area contributed by atoms with Gasteiger partial charge in [0.2, 0.25) is 11.7 Å². The van der Waals surface area contributed by atoms with Gasteiger partial charge in [-0.25, -0.2) is 9.97 Å². The number of nitrogens with two attached hydrogens (primary N) is 1. The van der Waals surface area contributed by atoms with E-state index in [4.69, 9.17) is 5.73 Å². The molecule has 0 aliphatic heterocycles. The molecule has 1 aromatic rings. The van der Waals surface area contributed by atoms with Crippen LogP contribution in [0.3, 0.4) is 0 Å². The van der Waals surface area contributed by atoms with Crippen molar-refractivity contribution in [3.63, 3.8) is 0 Å². The van der Waals surface area contributed by atoms with Gasteiger partial charge in [0.05, 0.1) is 6.54 Å². The minimum absolute atomic E-state index is 0.0291. The lowest BCUT2D eigenvalue weighted by molar-refractivity contribution is -0.144. The van der Waals surface area contributed by atoms with Crippen molar-refractivity contribution in [2.45, 2.75) is 20.0 Å². The molecule has 0 bridgehead atoms. The summed E-state index contributed by atoms with van der Waals surface area (Å²) in [5.41, 5.74) is 5.36. The summed E-state index contributed by atoms with van der Waals surface area (Å²) in [7, 11) is 0. The number of halogens is 3. The molecule has 3 N–H and O–H groups in total. The van der Waals surface area contributed by atoms with Gasteiger partial charge in [-0.3, -0.25) is 4.79 Å². The Morgan fingerprint density at radius 1 is 1.40 bits per heavy atom. The lowest BCUT2D eigenvalue weighted by Crippen LogP contribution is -2.37. The average Bonchev–Trinajstić information content (AvgIpc) is 2.34. The van der Waals surface area contributed by atoms with Crippen molar-refractivity contribution in [1.29, 1.82) is 0 Å². The molecule has 0 atom stereocenters. The molecule has 0 saturated heterocycles. The second-order valence-electron chi connectivity index (χ2n) is 3.94. The van der Waals surface area contributed by atoms with Crippen molar-refractivity contribution in [2.75, 3.05) is 30.3 Å². The first-order valence-electron chi connectivity index (χ1n) is 6.01. The maximum atomic E-state index is 12.6. The third kappa shape index (κ3) is 4.25. The van der Waals surface area contributed by atoms with Crippen LogP contribution < -0.4 is 16.0 Å². The third-order valence-electron chi connectivity index (χ3n) is 2.40. The highest BCUT2D eigenvalue weighted by Crippen LogP contribution is 2.28. The number of carbonyl (C=O) groups is 1. The molecule has 112 valence electrons. The molecular weight excluding hydrogens is 275 g/mol. The van der Waals surface area contributed by atoms with Gasteiger partial charge in [-0.05, 0) is 13.8 Å². The van der Waals surface area contributed by atoms with Gasteiger partial charge in [-0.2, -0.15) is 13.2 Å². The Balaban J connectivity index is 3.03. The Bertz CT molecular complexity index is 478. The van der Waals surface area contributed by atoms with Crippen molar-refractivity contribution in [3.05, 3.63) is 11.9 Å². The summed E-state index contributed by atoms with van der Waals surface area (Å²) in [4.78, 5) is 19.5. The molecule has 0 aliphatic rings. The number of likely N-dealkylation sites (N-methyl/N-ethyl adjacent to an activating group) is 2. The molecule has 20 heavy (non-hydrogen) atoms. The van der Waals surface area contributed by atoms with E-state index in [2.05, 4.69) is 15.3 Å². The fraction of sp³-hybridized carbons (Fsp3) is 0.545. The van der Waals surface area contributed by atoms with E-state index in [1.54, 1.807) is 13.8 Å². The van der Waals surface area contributed by atoms with Crippen LogP contribution in [0.1, 0.15) is 19.7 Å². The van der Waals surface area contributed by atoms with Crippen LogP contribution in [0.5, 0.6) is 0 Å². The number of hydrogen-bond acceptors (Lipinski definition) is 5. The standard InChI is InChI=1S/C11H16F3N5O/c1-3-16-9(20)6-19(4-2)8-5-7(15)17-10(18-8)11(12,13)14/h5H,3-4,6H2,1-2H3,(H,16,20)(H2,15,17,18). The Morgan fingerprint density at radius 3 is 2.55 bits per heavy atom. The maximum absolute atomic E-state index is 12.6. The van der Waals surface area contributed by atoms with Gasteiger partial charge < -0.3 is 16.0 Å². The Morgan fingerprint density at radius 2 is 2.05 bits per heavy atom. The predicted molar refractivity (Wildman–Crippen MR) is 68.0 cm³/mol. The molecule has 0 unspecified atom stereocenters. The van der Waals surface area contributed by atoms with Crippen molar-refractivity contribution in [1.82, 2.24) is 15.3 Å². The predicted octanol–water partition coefficient (Wildman–Crippen LogP) is 1.04. The second-order valence-corrected chi connectivity index (χ2v) is 3.94. The first-order chi connectivity index (χ1) is 9.27. The number of hydrogen-bond donors (Lipinski definition) is 2. The van der Waals surface area contributed by atoms with Gasteiger partial charge in [-0.15, -0.1) is 0 Å². The second kappa shape index (κ2) is 6.40. The summed E-state index contributed by atoms with van der Waals surface area (Å²) in [6, 6.07) is 1.21. The molecule has 1 aromatic heterocycles. The number of aromatic nitrogens is 2. The molecular formula is C11H16F3N5O. The van der Waals surface area contributed by atoms with Crippen LogP contribution in [-0.4, -0.2) is 35.5 Å². The van der Waals surface area contributed by atoms with E-state index in [-0.39, 0.29) is 24.1 Å². The number of alkyl halides is 3. The zero-order valence-corrected chi connectivity index (χ0v) is 11.2. The average molecular weight is 291 g/mol. The van der Waals surface area contributed by atoms with Crippen LogP contribution in [0.25, 0.3) is 0 Å². The number of amides is 1. The van der Waals surface area contributed by atoms with Crippen LogP contribution in [0, 0.1) is 0 Å². The summed E-state index contributed by atoms with van der Waals surface area (Å²) in [6.45, 7) is 4.10. The Labute approximate surface area is 114 Å². The minimum Gasteiger partial charge on any atom is -0.384 e. The summed E-state index contributed by atoms with van der Waals surface area (Å²) in [6.07, 6.45) is -4.69. The van der Waals surface area contributed by atoms with Gasteiger partial charge in [-0.1, -0.05) is 0 Å². The monoisotopic (exact) mass is 291 g/mol. The van der Waals surface area contributed by atoms with E-state index in [1.165, 1.54) is 11.0 Å². The smallest absolute Gasteiger partial charge is 0.384 e. The topological polar surface area (TPSA) is 84.1 Å². The molecule has 0 aliphatic carbocycles. The third-order valence-corrected chi connectivity index (χ3v) is 2.40. The van der Waals surface area contributed by atoms with Crippen molar-refractivity contribution in [3.8, 4) is 0 Å². The Hall–Kier alpha value is -2.06. The highest BCUT2D eigenvalue weighted by molar-refractivity contribution is 5.81. The fourth-order valence-electron chi connectivity index (χ4n) is 1.52. The Kier molecular flexibility index (Phi) is 5.12. The van der Waals surface area contributed by atoms with Gasteiger partial charge in [0, 0.05) is 19.2 Å². The summed E-state index contributed by atoms with van der Waals surface area (Å²) in [5.74, 6) is -1.95. The highest BCUT2D eigenvalue weighted by atomic mass is 19.4.